The van der Waals surface area contributed by atoms with Gasteiger partial charge in [0, 0.05) is 19.1 Å². The Labute approximate surface area is 211 Å². The van der Waals surface area contributed by atoms with Gasteiger partial charge in [-0.2, -0.15) is 4.98 Å². The maximum absolute atomic E-state index is 14.7. The molecule has 194 valence electrons. The molecule has 3 aromatic rings. The number of halogens is 1. The van der Waals surface area contributed by atoms with Gasteiger partial charge in [-0.05, 0) is 26.0 Å². The number of carbonyl (C=O) groups excluding carboxylic acids is 2. The molecule has 0 saturated heterocycles. The van der Waals surface area contributed by atoms with Crippen molar-refractivity contribution in [3.63, 3.8) is 0 Å². The topological polar surface area (TPSA) is 137 Å². The van der Waals surface area contributed by atoms with E-state index in [0.29, 0.717) is 28.7 Å². The first kappa shape index (κ1) is 25.4. The molecule has 0 unspecified atom stereocenters. The van der Waals surface area contributed by atoms with E-state index in [4.69, 9.17) is 18.9 Å². The zero-order valence-corrected chi connectivity index (χ0v) is 21.0. The summed E-state index contributed by atoms with van der Waals surface area (Å²) in [5, 5.41) is 5.42. The Morgan fingerprint density at radius 2 is 1.78 bits per heavy atom. The SMILES string of the molecule is COc1cc(N(C(C)=O)c2ncc(F)c(Nc3ccc4c(n3)NC(=O)C(C)(C)O4)n2)cc(OC)c1OC. The molecule has 0 bridgehead atoms. The molecule has 0 radical (unpaired) electrons. The number of ether oxygens (including phenoxy) is 4. The summed E-state index contributed by atoms with van der Waals surface area (Å²) in [4.78, 5) is 38.5. The largest absolute Gasteiger partial charge is 0.493 e. The van der Waals surface area contributed by atoms with Gasteiger partial charge in [0.25, 0.3) is 5.91 Å². The van der Waals surface area contributed by atoms with E-state index in [9.17, 15) is 14.0 Å². The molecular formula is C24H25FN6O6. The van der Waals surface area contributed by atoms with Crippen molar-refractivity contribution in [3.05, 3.63) is 36.3 Å². The highest BCUT2D eigenvalue weighted by Crippen LogP contribution is 2.42. The Kier molecular flexibility index (Phi) is 6.70. The van der Waals surface area contributed by atoms with Gasteiger partial charge in [-0.1, -0.05) is 0 Å². The minimum absolute atomic E-state index is 0.123. The maximum atomic E-state index is 14.7. The van der Waals surface area contributed by atoms with Crippen LogP contribution in [0, 0.1) is 5.82 Å². The number of methoxy groups -OCH3 is 3. The van der Waals surface area contributed by atoms with Crippen LogP contribution in [0.15, 0.2) is 30.5 Å². The van der Waals surface area contributed by atoms with Crippen LogP contribution in [-0.4, -0.2) is 53.7 Å². The predicted octanol–water partition coefficient (Wildman–Crippen LogP) is 3.57. The monoisotopic (exact) mass is 512 g/mol. The van der Waals surface area contributed by atoms with E-state index in [2.05, 4.69) is 25.6 Å². The summed E-state index contributed by atoms with van der Waals surface area (Å²) in [6, 6.07) is 6.20. The van der Waals surface area contributed by atoms with E-state index in [-0.39, 0.29) is 29.3 Å². The Balaban J connectivity index is 1.70. The lowest BCUT2D eigenvalue weighted by Gasteiger charge is -2.30. The standard InChI is InChI=1S/C24H25FN6O6/c1-12(32)31(13-9-16(34-4)19(36-6)17(10-13)35-5)23-26-11-14(25)20(30-23)27-18-8-7-15-21(28-18)29-22(33)24(2,3)37-15/h7-11H,1-6H3,(H2,26,27,28,29,30,33). The van der Waals surface area contributed by atoms with Crippen molar-refractivity contribution in [1.82, 2.24) is 15.0 Å². The number of aromatic nitrogens is 3. The summed E-state index contributed by atoms with van der Waals surface area (Å²) in [6.45, 7) is 4.56. The maximum Gasteiger partial charge on any atom is 0.269 e. The zero-order valence-electron chi connectivity index (χ0n) is 21.0. The van der Waals surface area contributed by atoms with E-state index >= 15 is 0 Å². The van der Waals surface area contributed by atoms with E-state index in [1.54, 1.807) is 19.9 Å². The lowest BCUT2D eigenvalue weighted by Crippen LogP contribution is -2.46. The first-order valence-electron chi connectivity index (χ1n) is 11.0. The van der Waals surface area contributed by atoms with Gasteiger partial charge < -0.3 is 29.6 Å². The highest BCUT2D eigenvalue weighted by atomic mass is 19.1. The predicted molar refractivity (Wildman–Crippen MR) is 132 cm³/mol. The first-order valence-corrected chi connectivity index (χ1v) is 11.0. The van der Waals surface area contributed by atoms with E-state index < -0.39 is 17.3 Å². The fourth-order valence-electron chi connectivity index (χ4n) is 3.58. The number of pyridine rings is 1. The number of anilines is 5. The quantitative estimate of drug-likeness (QED) is 0.483. The second kappa shape index (κ2) is 9.76. The Bertz CT molecular complexity index is 1360. The van der Waals surface area contributed by atoms with Crippen molar-refractivity contribution < 1.29 is 32.9 Å². The highest BCUT2D eigenvalue weighted by Gasteiger charge is 2.36. The van der Waals surface area contributed by atoms with Crippen LogP contribution in [0.25, 0.3) is 0 Å². The van der Waals surface area contributed by atoms with Crippen molar-refractivity contribution in [2.75, 3.05) is 36.9 Å². The van der Waals surface area contributed by atoms with Gasteiger partial charge in [0.1, 0.15) is 5.82 Å². The molecule has 3 heterocycles. The number of hydrogen-bond donors (Lipinski definition) is 2. The summed E-state index contributed by atoms with van der Waals surface area (Å²) < 4.78 is 36.4. The molecule has 2 amide bonds. The molecule has 1 aliphatic rings. The van der Waals surface area contributed by atoms with Gasteiger partial charge in [-0.3, -0.25) is 9.59 Å². The zero-order chi connectivity index (χ0) is 26.9. The molecule has 2 aromatic heterocycles. The number of carbonyl (C=O) groups is 2. The van der Waals surface area contributed by atoms with E-state index in [0.717, 1.165) is 11.1 Å². The average Bonchev–Trinajstić information content (AvgIpc) is 2.86. The van der Waals surface area contributed by atoms with Crippen LogP contribution in [0.2, 0.25) is 0 Å². The molecule has 37 heavy (non-hydrogen) atoms. The molecule has 13 heteroatoms. The molecule has 0 atom stereocenters. The van der Waals surface area contributed by atoms with Crippen molar-refractivity contribution in [2.45, 2.75) is 26.4 Å². The second-order valence-corrected chi connectivity index (χ2v) is 8.34. The van der Waals surface area contributed by atoms with Gasteiger partial charge in [0.05, 0.1) is 33.2 Å². The minimum atomic E-state index is -1.06. The smallest absolute Gasteiger partial charge is 0.269 e. The van der Waals surface area contributed by atoms with Crippen LogP contribution in [0.1, 0.15) is 20.8 Å². The van der Waals surface area contributed by atoms with Crippen molar-refractivity contribution in [1.29, 1.82) is 0 Å². The van der Waals surface area contributed by atoms with E-state index in [1.165, 1.54) is 46.5 Å². The highest BCUT2D eigenvalue weighted by molar-refractivity contribution is 5.99. The summed E-state index contributed by atoms with van der Waals surface area (Å²) >= 11 is 0. The Hall–Kier alpha value is -4.68. The summed E-state index contributed by atoms with van der Waals surface area (Å²) in [5.41, 5.74) is -0.755. The number of rotatable bonds is 7. The number of nitrogens with one attached hydrogen (secondary N) is 2. The van der Waals surface area contributed by atoms with Crippen LogP contribution >= 0.6 is 0 Å². The molecular weight excluding hydrogens is 487 g/mol. The van der Waals surface area contributed by atoms with Crippen LogP contribution in [-0.2, 0) is 9.59 Å². The van der Waals surface area contributed by atoms with Crippen LogP contribution in [0.4, 0.5) is 33.5 Å². The normalized spacial score (nSPS) is 13.5. The fourth-order valence-corrected chi connectivity index (χ4v) is 3.58. The molecule has 0 saturated carbocycles. The Morgan fingerprint density at radius 3 is 2.38 bits per heavy atom. The summed E-state index contributed by atoms with van der Waals surface area (Å²) in [5.74, 6) is -0.353. The second-order valence-electron chi connectivity index (χ2n) is 8.34. The number of benzene rings is 1. The molecule has 4 rings (SSSR count). The third-order valence-corrected chi connectivity index (χ3v) is 5.40. The fraction of sp³-hybridized carbons (Fsp3) is 0.292. The molecule has 0 fully saturated rings. The summed E-state index contributed by atoms with van der Waals surface area (Å²) in [6.07, 6.45) is 0.921. The molecule has 1 aliphatic heterocycles. The van der Waals surface area contributed by atoms with Crippen LogP contribution < -0.4 is 34.5 Å². The number of amides is 2. The number of fused-ring (bicyclic) bond motifs is 1. The summed E-state index contributed by atoms with van der Waals surface area (Å²) in [7, 11) is 4.34. The van der Waals surface area contributed by atoms with Crippen molar-refractivity contribution >= 4 is 40.9 Å². The van der Waals surface area contributed by atoms with Crippen LogP contribution in [0.3, 0.4) is 0 Å². The first-order chi connectivity index (χ1) is 17.6. The lowest BCUT2D eigenvalue weighted by molar-refractivity contribution is -0.129. The van der Waals surface area contributed by atoms with Gasteiger partial charge in [0.15, 0.2) is 40.3 Å². The lowest BCUT2D eigenvalue weighted by atomic mass is 10.1. The van der Waals surface area contributed by atoms with Crippen LogP contribution in [0.5, 0.6) is 23.0 Å². The number of nitrogens with zero attached hydrogens (tertiary/aromatic N) is 4. The van der Waals surface area contributed by atoms with E-state index in [1.807, 2.05) is 0 Å². The van der Waals surface area contributed by atoms with Gasteiger partial charge in [-0.25, -0.2) is 19.3 Å². The van der Waals surface area contributed by atoms with Crippen molar-refractivity contribution in [3.8, 4) is 23.0 Å². The third kappa shape index (κ3) is 4.87. The van der Waals surface area contributed by atoms with Crippen molar-refractivity contribution in [2.24, 2.45) is 0 Å². The average molecular weight is 512 g/mol. The minimum Gasteiger partial charge on any atom is -0.493 e. The Morgan fingerprint density at radius 1 is 1.11 bits per heavy atom. The molecule has 0 aliphatic carbocycles. The molecule has 0 spiro atoms. The van der Waals surface area contributed by atoms with Gasteiger partial charge in [-0.15, -0.1) is 0 Å². The molecule has 2 N–H and O–H groups in total. The van der Waals surface area contributed by atoms with Gasteiger partial charge >= 0.3 is 0 Å². The number of hydrogen-bond acceptors (Lipinski definition) is 10. The molecule has 12 nitrogen and oxygen atoms in total. The molecule has 1 aromatic carbocycles. The van der Waals surface area contributed by atoms with Gasteiger partial charge in [0.2, 0.25) is 17.6 Å². The third-order valence-electron chi connectivity index (χ3n) is 5.40.